The molecule has 0 saturated heterocycles. The van der Waals surface area contributed by atoms with E-state index < -0.39 is 0 Å². The first-order chi connectivity index (χ1) is 8.45. The number of anilines is 1. The minimum Gasteiger partial charge on any atom is -0.397 e. The Kier molecular flexibility index (Phi) is 3.43. The summed E-state index contributed by atoms with van der Waals surface area (Å²) in [5.74, 6) is -0.343. The van der Waals surface area contributed by atoms with Crippen molar-refractivity contribution in [1.82, 2.24) is 9.78 Å². The average Bonchev–Trinajstić information content (AvgIpc) is 2.59. The van der Waals surface area contributed by atoms with Crippen LogP contribution in [0.5, 0.6) is 0 Å². The van der Waals surface area contributed by atoms with Gasteiger partial charge in [-0.2, -0.15) is 5.10 Å². The molecular formula is C13H15BrFN3. The maximum Gasteiger partial charge on any atom is 0.139 e. The smallest absolute Gasteiger partial charge is 0.139 e. The molecular weight excluding hydrogens is 297 g/mol. The third kappa shape index (κ3) is 2.03. The molecule has 96 valence electrons. The Morgan fingerprint density at radius 2 is 2.06 bits per heavy atom. The summed E-state index contributed by atoms with van der Waals surface area (Å²) in [5.41, 5.74) is 10.1. The lowest BCUT2D eigenvalue weighted by atomic mass is 10.1. The van der Waals surface area contributed by atoms with Crippen molar-refractivity contribution in [2.45, 2.75) is 27.2 Å². The molecule has 0 spiro atoms. The lowest BCUT2D eigenvalue weighted by molar-refractivity contribution is 0.618. The van der Waals surface area contributed by atoms with Crippen molar-refractivity contribution in [1.29, 1.82) is 0 Å². The van der Waals surface area contributed by atoms with Crippen LogP contribution in [0.3, 0.4) is 0 Å². The third-order valence-electron chi connectivity index (χ3n) is 3.09. The zero-order valence-electron chi connectivity index (χ0n) is 10.6. The average molecular weight is 312 g/mol. The largest absolute Gasteiger partial charge is 0.397 e. The maximum absolute atomic E-state index is 13.6. The van der Waals surface area contributed by atoms with Gasteiger partial charge in [-0.25, -0.2) is 9.07 Å². The zero-order valence-corrected chi connectivity index (χ0v) is 12.2. The van der Waals surface area contributed by atoms with E-state index in [-0.39, 0.29) is 5.82 Å². The van der Waals surface area contributed by atoms with Gasteiger partial charge in [0.25, 0.3) is 0 Å². The summed E-state index contributed by atoms with van der Waals surface area (Å²) in [6.45, 7) is 6.00. The second kappa shape index (κ2) is 4.72. The Morgan fingerprint density at radius 3 is 2.61 bits per heavy atom. The molecule has 0 aliphatic carbocycles. The standard InChI is InChI=1S/C13H15BrFN3/c1-4-9-7(2)17-18(8(9)3)13-6-11(15)10(14)5-12(13)16/h5-6H,4,16H2,1-3H3. The van der Waals surface area contributed by atoms with Crippen molar-refractivity contribution in [2.75, 3.05) is 5.73 Å². The summed E-state index contributed by atoms with van der Waals surface area (Å²) in [5, 5.41) is 4.44. The number of hydrogen-bond acceptors (Lipinski definition) is 2. The maximum atomic E-state index is 13.6. The van der Waals surface area contributed by atoms with Crippen molar-refractivity contribution < 1.29 is 4.39 Å². The van der Waals surface area contributed by atoms with E-state index in [0.717, 1.165) is 17.8 Å². The second-order valence-electron chi connectivity index (χ2n) is 4.24. The summed E-state index contributed by atoms with van der Waals surface area (Å²) in [7, 11) is 0. The molecule has 0 radical (unpaired) electrons. The third-order valence-corrected chi connectivity index (χ3v) is 3.70. The first-order valence-corrected chi connectivity index (χ1v) is 6.55. The fourth-order valence-corrected chi connectivity index (χ4v) is 2.52. The molecule has 3 nitrogen and oxygen atoms in total. The molecule has 1 aromatic carbocycles. The van der Waals surface area contributed by atoms with Gasteiger partial charge < -0.3 is 5.73 Å². The highest BCUT2D eigenvalue weighted by atomic mass is 79.9. The minimum absolute atomic E-state index is 0.343. The highest BCUT2D eigenvalue weighted by Gasteiger charge is 2.14. The predicted octanol–water partition coefficient (Wildman–Crippen LogP) is 3.54. The molecule has 2 N–H and O–H groups in total. The number of nitrogens with two attached hydrogens (primary N) is 1. The van der Waals surface area contributed by atoms with Crippen LogP contribution in [0.2, 0.25) is 0 Å². The molecule has 2 rings (SSSR count). The van der Waals surface area contributed by atoms with Crippen LogP contribution in [-0.2, 0) is 6.42 Å². The summed E-state index contributed by atoms with van der Waals surface area (Å²) in [4.78, 5) is 0. The van der Waals surface area contributed by atoms with Crippen molar-refractivity contribution in [3.8, 4) is 5.69 Å². The normalized spacial score (nSPS) is 10.9. The van der Waals surface area contributed by atoms with Crippen LogP contribution in [0.4, 0.5) is 10.1 Å². The molecule has 5 heteroatoms. The molecule has 0 unspecified atom stereocenters. The Balaban J connectivity index is 2.66. The van der Waals surface area contributed by atoms with E-state index in [1.54, 1.807) is 10.7 Å². The molecule has 0 amide bonds. The lowest BCUT2D eigenvalue weighted by Gasteiger charge is -2.09. The summed E-state index contributed by atoms with van der Waals surface area (Å²) >= 11 is 3.12. The molecule has 0 aliphatic rings. The fourth-order valence-electron chi connectivity index (χ4n) is 2.16. The van der Waals surface area contributed by atoms with Gasteiger partial charge in [0.15, 0.2) is 0 Å². The monoisotopic (exact) mass is 311 g/mol. The van der Waals surface area contributed by atoms with Gasteiger partial charge in [-0.3, -0.25) is 0 Å². The number of aromatic nitrogens is 2. The molecule has 0 aliphatic heterocycles. The fraction of sp³-hybridized carbons (Fsp3) is 0.308. The van der Waals surface area contributed by atoms with Crippen molar-refractivity contribution in [3.63, 3.8) is 0 Å². The number of nitrogens with zero attached hydrogens (tertiary/aromatic N) is 2. The number of hydrogen-bond donors (Lipinski definition) is 1. The van der Waals surface area contributed by atoms with Crippen LogP contribution in [0.15, 0.2) is 16.6 Å². The Labute approximate surface area is 114 Å². The number of aryl methyl sites for hydroxylation is 1. The predicted molar refractivity (Wildman–Crippen MR) is 74.5 cm³/mol. The van der Waals surface area contributed by atoms with Gasteiger partial charge >= 0.3 is 0 Å². The highest BCUT2D eigenvalue weighted by Crippen LogP contribution is 2.27. The van der Waals surface area contributed by atoms with Crippen LogP contribution < -0.4 is 5.73 Å². The van der Waals surface area contributed by atoms with E-state index in [4.69, 9.17) is 5.73 Å². The van der Waals surface area contributed by atoms with Crippen LogP contribution in [-0.4, -0.2) is 9.78 Å². The van der Waals surface area contributed by atoms with Gasteiger partial charge in [0.2, 0.25) is 0 Å². The molecule has 18 heavy (non-hydrogen) atoms. The quantitative estimate of drug-likeness (QED) is 0.862. The van der Waals surface area contributed by atoms with Crippen molar-refractivity contribution >= 4 is 21.6 Å². The van der Waals surface area contributed by atoms with Crippen LogP contribution >= 0.6 is 15.9 Å². The topological polar surface area (TPSA) is 43.8 Å². The minimum atomic E-state index is -0.343. The Morgan fingerprint density at radius 1 is 1.39 bits per heavy atom. The van der Waals surface area contributed by atoms with Gasteiger partial charge in [0.05, 0.1) is 21.5 Å². The number of benzene rings is 1. The first kappa shape index (κ1) is 13.1. The summed E-state index contributed by atoms with van der Waals surface area (Å²) < 4.78 is 15.7. The van der Waals surface area contributed by atoms with Crippen LogP contribution in [0.25, 0.3) is 5.69 Å². The van der Waals surface area contributed by atoms with Crippen LogP contribution in [0, 0.1) is 19.7 Å². The van der Waals surface area contributed by atoms with E-state index in [0.29, 0.717) is 15.8 Å². The van der Waals surface area contributed by atoms with Gasteiger partial charge in [0, 0.05) is 11.8 Å². The molecule has 0 bridgehead atoms. The van der Waals surface area contributed by atoms with E-state index >= 15 is 0 Å². The zero-order chi connectivity index (χ0) is 13.4. The van der Waals surface area contributed by atoms with Crippen LogP contribution in [0.1, 0.15) is 23.9 Å². The highest BCUT2D eigenvalue weighted by molar-refractivity contribution is 9.10. The number of nitrogen functional groups attached to an aromatic ring is 1. The van der Waals surface area contributed by atoms with Gasteiger partial charge in [-0.15, -0.1) is 0 Å². The van der Waals surface area contributed by atoms with Crippen molar-refractivity contribution in [2.24, 2.45) is 0 Å². The van der Waals surface area contributed by atoms with E-state index in [1.165, 1.54) is 11.6 Å². The molecule has 1 heterocycles. The van der Waals surface area contributed by atoms with Gasteiger partial charge in [-0.05, 0) is 47.8 Å². The molecule has 0 atom stereocenters. The summed E-state index contributed by atoms with van der Waals surface area (Å²) in [6, 6.07) is 2.96. The number of rotatable bonds is 2. The Hall–Kier alpha value is -1.36. The molecule has 1 aromatic heterocycles. The summed E-state index contributed by atoms with van der Waals surface area (Å²) in [6.07, 6.45) is 0.899. The van der Waals surface area contributed by atoms with Gasteiger partial charge in [0.1, 0.15) is 5.82 Å². The Bertz CT molecular complexity index is 605. The molecule has 0 fully saturated rings. The second-order valence-corrected chi connectivity index (χ2v) is 5.09. The van der Waals surface area contributed by atoms with E-state index in [1.807, 2.05) is 13.8 Å². The lowest BCUT2D eigenvalue weighted by Crippen LogP contribution is -2.04. The first-order valence-electron chi connectivity index (χ1n) is 5.75. The van der Waals surface area contributed by atoms with E-state index in [2.05, 4.69) is 28.0 Å². The number of halogens is 2. The van der Waals surface area contributed by atoms with Crippen molar-refractivity contribution in [3.05, 3.63) is 39.4 Å². The molecule has 0 saturated carbocycles. The van der Waals surface area contributed by atoms with E-state index in [9.17, 15) is 4.39 Å². The van der Waals surface area contributed by atoms with Gasteiger partial charge in [-0.1, -0.05) is 6.92 Å². The molecule has 2 aromatic rings. The SMILES string of the molecule is CCc1c(C)nn(-c2cc(F)c(Br)cc2N)c1C.